The Morgan fingerprint density at radius 2 is 2.16 bits per heavy atom. The first kappa shape index (κ1) is 15.2. The number of halogens is 2. The molecule has 0 aliphatic carbocycles. The first-order valence-electron chi connectivity index (χ1n) is 6.17. The van der Waals surface area contributed by atoms with Crippen LogP contribution in [0.2, 0.25) is 0 Å². The van der Waals surface area contributed by atoms with E-state index in [-0.39, 0.29) is 18.3 Å². The molecule has 2 amide bonds. The van der Waals surface area contributed by atoms with Crippen LogP contribution in [0, 0.1) is 0 Å². The molecule has 0 aliphatic rings. The van der Waals surface area contributed by atoms with Gasteiger partial charge in [0.2, 0.25) is 0 Å². The van der Waals surface area contributed by atoms with Crippen LogP contribution in [0.5, 0.6) is 5.75 Å². The van der Waals surface area contributed by atoms with Crippen molar-refractivity contribution in [2.75, 3.05) is 6.54 Å². The van der Waals surface area contributed by atoms with E-state index in [9.17, 15) is 13.6 Å². The topological polar surface area (TPSA) is 50.4 Å². The molecule has 0 aromatic heterocycles. The number of nitrogens with one attached hydrogen (secondary N) is 2. The van der Waals surface area contributed by atoms with Gasteiger partial charge < -0.3 is 15.4 Å². The van der Waals surface area contributed by atoms with Gasteiger partial charge in [0.25, 0.3) is 0 Å². The molecule has 1 aromatic rings. The molecule has 0 spiro atoms. The van der Waals surface area contributed by atoms with Crippen molar-refractivity contribution in [3.8, 4) is 5.75 Å². The number of carbonyl (C=O) groups is 1. The van der Waals surface area contributed by atoms with Gasteiger partial charge in [-0.05, 0) is 24.1 Å². The molecule has 0 atom stereocenters. The van der Waals surface area contributed by atoms with Crippen LogP contribution >= 0.6 is 0 Å². The minimum atomic E-state index is -2.85. The molecule has 0 bridgehead atoms. The lowest BCUT2D eigenvalue weighted by Gasteiger charge is -2.09. The Hall–Kier alpha value is -1.85. The second-order valence-electron chi connectivity index (χ2n) is 3.99. The fourth-order valence-corrected chi connectivity index (χ4v) is 1.46. The number of alkyl halides is 2. The van der Waals surface area contributed by atoms with Crippen LogP contribution in [-0.4, -0.2) is 19.2 Å². The molecule has 0 fully saturated rings. The van der Waals surface area contributed by atoms with Gasteiger partial charge in [-0.1, -0.05) is 25.5 Å². The van der Waals surface area contributed by atoms with E-state index in [1.165, 1.54) is 12.1 Å². The van der Waals surface area contributed by atoms with Crippen molar-refractivity contribution < 1.29 is 18.3 Å². The Balaban J connectivity index is 2.38. The summed E-state index contributed by atoms with van der Waals surface area (Å²) >= 11 is 0. The van der Waals surface area contributed by atoms with Crippen molar-refractivity contribution in [3.05, 3.63) is 29.8 Å². The minimum absolute atomic E-state index is 0.0840. The van der Waals surface area contributed by atoms with Crippen LogP contribution in [0.4, 0.5) is 13.6 Å². The Labute approximate surface area is 111 Å². The van der Waals surface area contributed by atoms with Gasteiger partial charge in [-0.25, -0.2) is 4.79 Å². The molecule has 19 heavy (non-hydrogen) atoms. The molecule has 4 nitrogen and oxygen atoms in total. The highest BCUT2D eigenvalue weighted by Crippen LogP contribution is 2.15. The molecule has 2 N–H and O–H groups in total. The van der Waals surface area contributed by atoms with Crippen LogP contribution in [0.1, 0.15) is 25.3 Å². The van der Waals surface area contributed by atoms with Crippen molar-refractivity contribution in [2.24, 2.45) is 0 Å². The second kappa shape index (κ2) is 8.29. The lowest BCUT2D eigenvalue weighted by atomic mass is 10.2. The Morgan fingerprint density at radius 1 is 1.37 bits per heavy atom. The summed E-state index contributed by atoms with van der Waals surface area (Å²) in [4.78, 5) is 11.4. The van der Waals surface area contributed by atoms with Crippen LogP contribution < -0.4 is 15.4 Å². The normalized spacial score (nSPS) is 10.3. The van der Waals surface area contributed by atoms with Crippen LogP contribution in [0.3, 0.4) is 0 Å². The Kier molecular flexibility index (Phi) is 6.63. The number of carbonyl (C=O) groups excluding carboxylic acids is 1. The average molecular weight is 272 g/mol. The standard InChI is InChI=1S/C13H18F2N2O2/c1-2-3-7-16-13(18)17-9-10-5-4-6-11(8-10)19-12(14)15/h4-6,8,12H,2-3,7,9H2,1H3,(H2,16,17,18). The van der Waals surface area contributed by atoms with E-state index >= 15 is 0 Å². The van der Waals surface area contributed by atoms with Crippen LogP contribution in [-0.2, 0) is 6.54 Å². The molecule has 6 heteroatoms. The molecule has 0 unspecified atom stereocenters. The van der Waals surface area contributed by atoms with Gasteiger partial charge in [-0.15, -0.1) is 0 Å². The zero-order valence-electron chi connectivity index (χ0n) is 10.8. The largest absolute Gasteiger partial charge is 0.435 e. The van der Waals surface area contributed by atoms with Crippen molar-refractivity contribution in [1.29, 1.82) is 0 Å². The minimum Gasteiger partial charge on any atom is -0.435 e. The fourth-order valence-electron chi connectivity index (χ4n) is 1.46. The number of ether oxygens (including phenoxy) is 1. The summed E-state index contributed by atoms with van der Waals surface area (Å²) in [5.41, 5.74) is 0.698. The van der Waals surface area contributed by atoms with E-state index in [1.54, 1.807) is 12.1 Å². The molecule has 0 heterocycles. The second-order valence-corrected chi connectivity index (χ2v) is 3.99. The summed E-state index contributed by atoms with van der Waals surface area (Å²) in [5, 5.41) is 5.34. The van der Waals surface area contributed by atoms with Gasteiger partial charge in [-0.3, -0.25) is 0 Å². The zero-order chi connectivity index (χ0) is 14.1. The third-order valence-electron chi connectivity index (χ3n) is 2.39. The SMILES string of the molecule is CCCCNC(=O)NCc1cccc(OC(F)F)c1. The molecule has 0 saturated heterocycles. The molecule has 1 rings (SSSR count). The molecule has 0 aliphatic heterocycles. The first-order chi connectivity index (χ1) is 9.11. The smallest absolute Gasteiger partial charge is 0.387 e. The van der Waals surface area contributed by atoms with Crippen molar-refractivity contribution >= 4 is 6.03 Å². The third kappa shape index (κ3) is 6.59. The molecular formula is C13H18F2N2O2. The average Bonchev–Trinajstić information content (AvgIpc) is 2.36. The number of urea groups is 1. The highest BCUT2D eigenvalue weighted by Gasteiger charge is 2.05. The highest BCUT2D eigenvalue weighted by molar-refractivity contribution is 5.73. The lowest BCUT2D eigenvalue weighted by molar-refractivity contribution is -0.0498. The van der Waals surface area contributed by atoms with E-state index in [1.807, 2.05) is 6.92 Å². The van der Waals surface area contributed by atoms with Crippen molar-refractivity contribution in [3.63, 3.8) is 0 Å². The molecule has 1 aromatic carbocycles. The van der Waals surface area contributed by atoms with Gasteiger partial charge in [0.1, 0.15) is 5.75 Å². The predicted octanol–water partition coefficient (Wildman–Crippen LogP) is 2.89. The first-order valence-corrected chi connectivity index (χ1v) is 6.17. The summed E-state index contributed by atoms with van der Waals surface area (Å²) in [5.74, 6) is 0.0840. The van der Waals surface area contributed by atoms with Crippen LogP contribution in [0.15, 0.2) is 24.3 Å². The van der Waals surface area contributed by atoms with Gasteiger partial charge in [0.15, 0.2) is 0 Å². The lowest BCUT2D eigenvalue weighted by Crippen LogP contribution is -2.35. The fraction of sp³-hybridized carbons (Fsp3) is 0.462. The number of hydrogen-bond donors (Lipinski definition) is 2. The maximum atomic E-state index is 12.0. The number of benzene rings is 1. The summed E-state index contributed by atoms with van der Waals surface area (Å²) in [6, 6.07) is 5.97. The number of rotatable bonds is 7. The highest BCUT2D eigenvalue weighted by atomic mass is 19.3. The molecule has 106 valence electrons. The predicted molar refractivity (Wildman–Crippen MR) is 68.2 cm³/mol. The van der Waals surface area contributed by atoms with Crippen molar-refractivity contribution in [1.82, 2.24) is 10.6 Å². The summed E-state index contributed by atoms with van der Waals surface area (Å²) < 4.78 is 28.4. The Morgan fingerprint density at radius 3 is 2.84 bits per heavy atom. The van der Waals surface area contributed by atoms with Gasteiger partial charge in [0, 0.05) is 13.1 Å². The van der Waals surface area contributed by atoms with Crippen LogP contribution in [0.25, 0.3) is 0 Å². The molecular weight excluding hydrogens is 254 g/mol. The summed E-state index contributed by atoms with van der Waals surface area (Å²) in [7, 11) is 0. The van der Waals surface area contributed by atoms with E-state index < -0.39 is 6.61 Å². The number of amides is 2. The monoisotopic (exact) mass is 272 g/mol. The molecule has 0 radical (unpaired) electrons. The quantitative estimate of drug-likeness (QED) is 0.750. The number of unbranched alkanes of at least 4 members (excludes halogenated alkanes) is 1. The summed E-state index contributed by atoms with van der Waals surface area (Å²) in [6.45, 7) is 0.0733. The number of hydrogen-bond acceptors (Lipinski definition) is 2. The van der Waals surface area contributed by atoms with Gasteiger partial charge in [-0.2, -0.15) is 8.78 Å². The maximum absolute atomic E-state index is 12.0. The van der Waals surface area contributed by atoms with E-state index in [0.29, 0.717) is 12.1 Å². The van der Waals surface area contributed by atoms with Gasteiger partial charge >= 0.3 is 12.6 Å². The summed E-state index contributed by atoms with van der Waals surface area (Å²) in [6.07, 6.45) is 1.93. The maximum Gasteiger partial charge on any atom is 0.387 e. The molecule has 0 saturated carbocycles. The third-order valence-corrected chi connectivity index (χ3v) is 2.39. The Bertz CT molecular complexity index is 400. The van der Waals surface area contributed by atoms with E-state index in [0.717, 1.165) is 12.8 Å². The van der Waals surface area contributed by atoms with E-state index in [4.69, 9.17) is 0 Å². The zero-order valence-corrected chi connectivity index (χ0v) is 10.8. The van der Waals surface area contributed by atoms with Crippen molar-refractivity contribution in [2.45, 2.75) is 32.9 Å². The van der Waals surface area contributed by atoms with E-state index in [2.05, 4.69) is 15.4 Å². The van der Waals surface area contributed by atoms with Gasteiger partial charge in [0.05, 0.1) is 0 Å².